The molecule has 0 aromatic carbocycles. The molecule has 2 saturated carbocycles. The normalized spacial score (nSPS) is 29.4. The minimum absolute atomic E-state index is 0.0170. The molecule has 0 radical (unpaired) electrons. The molecule has 0 aromatic heterocycles. The number of amides is 1. The first-order valence-corrected chi connectivity index (χ1v) is 7.91. The third kappa shape index (κ3) is 3.38. The van der Waals surface area contributed by atoms with E-state index in [1.807, 2.05) is 0 Å². The van der Waals surface area contributed by atoms with Gasteiger partial charge in [0.25, 0.3) is 0 Å². The Labute approximate surface area is 115 Å². The molecule has 0 aromatic rings. The zero-order valence-electron chi connectivity index (χ0n) is 10.7. The van der Waals surface area contributed by atoms with E-state index in [0.717, 1.165) is 19.3 Å². The topological polar surface area (TPSA) is 92.7 Å². The largest absolute Gasteiger partial charge is 0.449 e. The van der Waals surface area contributed by atoms with Crippen molar-refractivity contribution in [1.82, 2.24) is 5.32 Å². The van der Waals surface area contributed by atoms with Crippen molar-refractivity contribution < 1.29 is 31.3 Å². The molecule has 2 rings (SSSR count). The maximum Gasteiger partial charge on any atom is 0.407 e. The second kappa shape index (κ2) is 5.44. The molecule has 2 bridgehead atoms. The Morgan fingerprint density at radius 2 is 2.05 bits per heavy atom. The van der Waals surface area contributed by atoms with Crippen molar-refractivity contribution >= 4 is 16.2 Å². The van der Waals surface area contributed by atoms with Crippen LogP contribution in [0.1, 0.15) is 32.1 Å². The van der Waals surface area contributed by atoms with Crippen molar-refractivity contribution in [1.29, 1.82) is 0 Å². The van der Waals surface area contributed by atoms with E-state index in [1.165, 1.54) is 6.42 Å². The van der Waals surface area contributed by atoms with E-state index in [0.29, 0.717) is 11.8 Å². The molecule has 3 unspecified atom stereocenters. The summed E-state index contributed by atoms with van der Waals surface area (Å²) in [5.74, 6) is 1.04. The zero-order valence-corrected chi connectivity index (χ0v) is 11.5. The number of alkyl halides is 2. The fourth-order valence-electron chi connectivity index (χ4n) is 3.01. The van der Waals surface area contributed by atoms with Gasteiger partial charge in [-0.1, -0.05) is 6.42 Å². The molecule has 3 atom stereocenters. The fourth-order valence-corrected chi connectivity index (χ4v) is 3.35. The van der Waals surface area contributed by atoms with Gasteiger partial charge in [0, 0.05) is 6.04 Å². The van der Waals surface area contributed by atoms with Crippen LogP contribution in [-0.2, 0) is 14.9 Å². The van der Waals surface area contributed by atoms with Gasteiger partial charge >= 0.3 is 21.5 Å². The summed E-state index contributed by atoms with van der Waals surface area (Å²) < 4.78 is 59.2. The van der Waals surface area contributed by atoms with Crippen molar-refractivity contribution in [2.45, 2.75) is 43.4 Å². The van der Waals surface area contributed by atoms with Gasteiger partial charge in [-0.2, -0.15) is 17.2 Å². The van der Waals surface area contributed by atoms with E-state index in [4.69, 9.17) is 4.55 Å². The molecule has 2 N–H and O–H groups in total. The summed E-state index contributed by atoms with van der Waals surface area (Å²) in [6.07, 6.45) is 2.08. The summed E-state index contributed by atoms with van der Waals surface area (Å²) in [7, 11) is -5.47. The van der Waals surface area contributed by atoms with Gasteiger partial charge in [-0.25, -0.2) is 4.79 Å². The van der Waals surface area contributed by atoms with Crippen molar-refractivity contribution in [3.63, 3.8) is 0 Å². The molecule has 6 nitrogen and oxygen atoms in total. The number of alkyl carbamates (subject to hydrolysis) is 1. The maximum atomic E-state index is 12.9. The van der Waals surface area contributed by atoms with Crippen LogP contribution in [0.3, 0.4) is 0 Å². The molecule has 20 heavy (non-hydrogen) atoms. The minimum Gasteiger partial charge on any atom is -0.449 e. The summed E-state index contributed by atoms with van der Waals surface area (Å²) in [6.45, 7) is -0.778. The number of hydrogen-bond donors (Lipinski definition) is 2. The van der Waals surface area contributed by atoms with Gasteiger partial charge in [0.2, 0.25) is 0 Å². The molecule has 2 fully saturated rings. The van der Waals surface area contributed by atoms with Crippen LogP contribution >= 0.6 is 0 Å². The van der Waals surface area contributed by atoms with Gasteiger partial charge in [0.05, 0.1) is 6.42 Å². The number of carbonyl (C=O) groups excluding carboxylic acids is 1. The predicted molar refractivity (Wildman–Crippen MR) is 64.8 cm³/mol. The van der Waals surface area contributed by atoms with Gasteiger partial charge in [0.15, 0.2) is 0 Å². The highest BCUT2D eigenvalue weighted by molar-refractivity contribution is 7.86. The Morgan fingerprint density at radius 1 is 1.35 bits per heavy atom. The van der Waals surface area contributed by atoms with E-state index >= 15 is 0 Å². The molecular weight excluding hydrogens is 296 g/mol. The van der Waals surface area contributed by atoms with Gasteiger partial charge in [-0.3, -0.25) is 4.55 Å². The van der Waals surface area contributed by atoms with Crippen LogP contribution in [0, 0.1) is 11.8 Å². The first-order valence-electron chi connectivity index (χ1n) is 6.47. The Morgan fingerprint density at radius 3 is 2.55 bits per heavy atom. The molecule has 0 heterocycles. The summed E-state index contributed by atoms with van der Waals surface area (Å²) in [5, 5.41) is -1.69. The van der Waals surface area contributed by atoms with Gasteiger partial charge < -0.3 is 10.1 Å². The number of ether oxygens (including phenoxy) is 1. The van der Waals surface area contributed by atoms with Crippen LogP contribution in [0.25, 0.3) is 0 Å². The van der Waals surface area contributed by atoms with Crippen molar-refractivity contribution in [2.75, 3.05) is 6.61 Å². The van der Waals surface area contributed by atoms with Crippen molar-refractivity contribution in [3.05, 3.63) is 0 Å². The number of nitrogens with one attached hydrogen (secondary N) is 1. The SMILES string of the molecule is O=C(NC1CC2CCC1C2)OCCC(F)(F)S(=O)(=O)O. The number of carbonyl (C=O) groups is 1. The first kappa shape index (κ1) is 15.4. The Bertz CT molecular complexity index is 481. The standard InChI is InChI=1S/C11H17F2NO5S/c12-11(13,20(16,17)18)3-4-19-10(15)14-9-6-7-1-2-8(9)5-7/h7-9H,1-6H2,(H,14,15)(H,16,17,18). The number of rotatable bonds is 5. The smallest absolute Gasteiger partial charge is 0.407 e. The van der Waals surface area contributed by atoms with Crippen LogP contribution in [0.5, 0.6) is 0 Å². The summed E-state index contributed by atoms with van der Waals surface area (Å²) in [4.78, 5) is 11.4. The average Bonchev–Trinajstić information content (AvgIpc) is 2.88. The van der Waals surface area contributed by atoms with Crippen LogP contribution in [0.2, 0.25) is 0 Å². The van der Waals surface area contributed by atoms with E-state index in [9.17, 15) is 22.0 Å². The molecule has 0 spiro atoms. The highest BCUT2D eigenvalue weighted by atomic mass is 32.2. The quantitative estimate of drug-likeness (QED) is 0.755. The lowest BCUT2D eigenvalue weighted by molar-refractivity contribution is 0.0435. The summed E-state index contributed by atoms with van der Waals surface area (Å²) in [6, 6.07) is 0.0170. The predicted octanol–water partition coefficient (Wildman–Crippen LogP) is 1.77. The Balaban J connectivity index is 1.71. The molecule has 2 aliphatic rings. The van der Waals surface area contributed by atoms with Crippen LogP contribution in [0.15, 0.2) is 0 Å². The fraction of sp³-hybridized carbons (Fsp3) is 0.909. The highest BCUT2D eigenvalue weighted by Crippen LogP contribution is 2.44. The monoisotopic (exact) mass is 313 g/mol. The third-order valence-corrected chi connectivity index (χ3v) is 5.00. The number of hydrogen-bond acceptors (Lipinski definition) is 4. The second-order valence-corrected chi connectivity index (χ2v) is 6.97. The van der Waals surface area contributed by atoms with E-state index < -0.39 is 34.5 Å². The summed E-state index contributed by atoms with van der Waals surface area (Å²) in [5.41, 5.74) is 0. The number of fused-ring (bicyclic) bond motifs is 2. The van der Waals surface area contributed by atoms with Crippen LogP contribution < -0.4 is 5.32 Å². The third-order valence-electron chi connectivity index (χ3n) is 4.04. The lowest BCUT2D eigenvalue weighted by Crippen LogP contribution is -2.39. The van der Waals surface area contributed by atoms with E-state index in [-0.39, 0.29) is 6.04 Å². The van der Waals surface area contributed by atoms with Crippen LogP contribution in [0.4, 0.5) is 13.6 Å². The molecule has 0 saturated heterocycles. The van der Waals surface area contributed by atoms with E-state index in [1.54, 1.807) is 0 Å². The minimum atomic E-state index is -5.47. The number of halogens is 2. The highest BCUT2D eigenvalue weighted by Gasteiger charge is 2.44. The zero-order chi connectivity index (χ0) is 15.0. The molecular formula is C11H17F2NO5S. The lowest BCUT2D eigenvalue weighted by atomic mass is 9.96. The molecule has 1 amide bonds. The molecule has 9 heteroatoms. The van der Waals surface area contributed by atoms with Gasteiger partial charge in [0.1, 0.15) is 6.61 Å². The molecule has 0 aliphatic heterocycles. The first-order chi connectivity index (χ1) is 9.19. The second-order valence-electron chi connectivity index (χ2n) is 5.42. The van der Waals surface area contributed by atoms with Crippen molar-refractivity contribution in [3.8, 4) is 0 Å². The Kier molecular flexibility index (Phi) is 4.19. The summed E-state index contributed by atoms with van der Waals surface area (Å²) >= 11 is 0. The van der Waals surface area contributed by atoms with Gasteiger partial charge in [-0.15, -0.1) is 0 Å². The van der Waals surface area contributed by atoms with E-state index in [2.05, 4.69) is 10.1 Å². The Hall–Kier alpha value is -0.960. The molecule has 2 aliphatic carbocycles. The average molecular weight is 313 g/mol. The van der Waals surface area contributed by atoms with Crippen molar-refractivity contribution in [2.24, 2.45) is 11.8 Å². The van der Waals surface area contributed by atoms with Crippen LogP contribution in [-0.4, -0.2) is 37.0 Å². The molecule has 116 valence electrons. The maximum absolute atomic E-state index is 12.9. The lowest BCUT2D eigenvalue weighted by Gasteiger charge is -2.22. The van der Waals surface area contributed by atoms with Gasteiger partial charge in [-0.05, 0) is 31.1 Å².